The summed E-state index contributed by atoms with van der Waals surface area (Å²) in [5, 5.41) is 14.4. The molecule has 1 unspecified atom stereocenters. The van der Waals surface area contributed by atoms with Crippen LogP contribution in [0.15, 0.2) is 49.1 Å². The number of carbonyl (C=O) groups excluding carboxylic acids is 2. The summed E-state index contributed by atoms with van der Waals surface area (Å²) in [6.07, 6.45) is 0.0812. The van der Waals surface area contributed by atoms with Gasteiger partial charge in [-0.3, -0.25) is 23.4 Å². The minimum absolute atomic E-state index is 0.0501. The monoisotopic (exact) mass is 642 g/mol. The fourth-order valence-corrected chi connectivity index (χ4v) is 5.40. The number of amides is 1. The number of alkyl halides is 3. The Balaban J connectivity index is 1.28. The lowest BCUT2D eigenvalue weighted by Crippen LogP contribution is -2.54. The largest absolute Gasteiger partial charge is 0.442 e. The molecule has 13 nitrogen and oxygen atoms in total. The van der Waals surface area contributed by atoms with Crippen LogP contribution in [-0.2, 0) is 29.3 Å². The lowest BCUT2D eigenvalue weighted by atomic mass is 10.1. The number of nitrogens with zero attached hydrogens (tertiary/aromatic N) is 8. The number of aromatic nitrogens is 7. The van der Waals surface area contributed by atoms with Crippen molar-refractivity contribution in [3.8, 4) is 11.3 Å². The summed E-state index contributed by atoms with van der Waals surface area (Å²) in [5.74, 6) is -0.164. The molecule has 17 heteroatoms. The van der Waals surface area contributed by atoms with E-state index in [1.165, 1.54) is 50.9 Å². The van der Waals surface area contributed by atoms with E-state index >= 15 is 0 Å². The topological polar surface area (TPSA) is 136 Å². The van der Waals surface area contributed by atoms with E-state index in [2.05, 4.69) is 30.8 Å². The molecule has 1 saturated heterocycles. The van der Waals surface area contributed by atoms with Crippen LogP contribution >= 0.6 is 11.6 Å². The quantitative estimate of drug-likeness (QED) is 0.243. The highest BCUT2D eigenvalue weighted by atomic mass is 35.5. The number of nitrogens with one attached hydrogen (secondary N) is 2. The predicted molar refractivity (Wildman–Crippen MR) is 156 cm³/mol. The van der Waals surface area contributed by atoms with Crippen LogP contribution in [0.25, 0.3) is 16.9 Å². The van der Waals surface area contributed by atoms with Gasteiger partial charge >= 0.3 is 6.18 Å². The van der Waals surface area contributed by atoms with E-state index in [-0.39, 0.29) is 39.9 Å². The van der Waals surface area contributed by atoms with Gasteiger partial charge in [0.2, 0.25) is 0 Å². The SMILES string of the molecule is Cc1cc(Cn2cc(-c3cnc4c(Nc5ccc(C(=O)N6CCNCC6OC=O)c(Cl)c5)nccn34)c(C(F)(F)F)n2)nn1C. The summed E-state index contributed by atoms with van der Waals surface area (Å²) >= 11 is 6.49. The Kier molecular flexibility index (Phi) is 7.92. The molecular weight excluding hydrogens is 617 g/mol. The Bertz CT molecular complexity index is 1880. The first-order valence-electron chi connectivity index (χ1n) is 13.7. The number of hydrogen-bond acceptors (Lipinski definition) is 9. The van der Waals surface area contributed by atoms with Gasteiger partial charge in [0, 0.05) is 50.1 Å². The first-order valence-corrected chi connectivity index (χ1v) is 14.0. The zero-order valence-corrected chi connectivity index (χ0v) is 24.7. The summed E-state index contributed by atoms with van der Waals surface area (Å²) in [5.41, 5.74) is 1.29. The van der Waals surface area contributed by atoms with Crippen LogP contribution in [0.5, 0.6) is 0 Å². The van der Waals surface area contributed by atoms with E-state index in [9.17, 15) is 22.8 Å². The van der Waals surface area contributed by atoms with Crippen molar-refractivity contribution in [1.29, 1.82) is 0 Å². The van der Waals surface area contributed by atoms with Crippen LogP contribution < -0.4 is 10.6 Å². The lowest BCUT2D eigenvalue weighted by molar-refractivity contribution is -0.142. The van der Waals surface area contributed by atoms with Crippen LogP contribution in [0, 0.1) is 6.92 Å². The summed E-state index contributed by atoms with van der Waals surface area (Å²) < 4.78 is 51.7. The number of piperazine rings is 1. The van der Waals surface area contributed by atoms with Gasteiger partial charge in [0.05, 0.1) is 46.8 Å². The second-order valence-corrected chi connectivity index (χ2v) is 10.7. The molecule has 4 aromatic heterocycles. The van der Waals surface area contributed by atoms with Crippen molar-refractivity contribution in [3.63, 3.8) is 0 Å². The molecule has 0 aliphatic carbocycles. The Morgan fingerprint density at radius 3 is 2.78 bits per heavy atom. The summed E-state index contributed by atoms with van der Waals surface area (Å²) in [4.78, 5) is 34.2. The van der Waals surface area contributed by atoms with E-state index in [1.807, 2.05) is 6.92 Å². The third-order valence-corrected chi connectivity index (χ3v) is 7.67. The van der Waals surface area contributed by atoms with E-state index in [4.69, 9.17) is 16.3 Å². The van der Waals surface area contributed by atoms with Gasteiger partial charge in [-0.25, -0.2) is 9.97 Å². The van der Waals surface area contributed by atoms with E-state index in [1.54, 1.807) is 23.9 Å². The lowest BCUT2D eigenvalue weighted by Gasteiger charge is -2.34. The Morgan fingerprint density at radius 2 is 2.07 bits per heavy atom. The third-order valence-electron chi connectivity index (χ3n) is 7.35. The summed E-state index contributed by atoms with van der Waals surface area (Å²) in [6, 6.07) is 6.44. The zero-order chi connectivity index (χ0) is 31.9. The highest BCUT2D eigenvalue weighted by Crippen LogP contribution is 2.37. The molecule has 5 heterocycles. The van der Waals surface area contributed by atoms with Gasteiger partial charge in [0.1, 0.15) is 0 Å². The fraction of sp³-hybridized carbons (Fsp3) is 0.286. The molecular formula is C28H26ClF3N10O3. The van der Waals surface area contributed by atoms with E-state index in [0.29, 0.717) is 37.5 Å². The predicted octanol–water partition coefficient (Wildman–Crippen LogP) is 3.64. The van der Waals surface area contributed by atoms with Crippen molar-refractivity contribution in [3.05, 3.63) is 76.7 Å². The Morgan fingerprint density at radius 1 is 1.24 bits per heavy atom. The molecule has 1 atom stereocenters. The van der Waals surface area contributed by atoms with Gasteiger partial charge in [-0.1, -0.05) is 11.6 Å². The van der Waals surface area contributed by atoms with Gasteiger partial charge in [0.25, 0.3) is 12.4 Å². The number of ether oxygens (including phenoxy) is 1. The van der Waals surface area contributed by atoms with Crippen LogP contribution in [-0.4, -0.2) is 77.1 Å². The number of aryl methyl sites for hydroxylation is 2. The molecule has 2 N–H and O–H groups in total. The Labute approximate surface area is 258 Å². The van der Waals surface area contributed by atoms with Crippen molar-refractivity contribution in [2.45, 2.75) is 25.9 Å². The van der Waals surface area contributed by atoms with Crippen LogP contribution in [0.3, 0.4) is 0 Å². The number of fused-ring (bicyclic) bond motifs is 1. The number of halogens is 4. The second-order valence-electron chi connectivity index (χ2n) is 10.3. The van der Waals surface area contributed by atoms with E-state index < -0.39 is 24.0 Å². The highest BCUT2D eigenvalue weighted by molar-refractivity contribution is 6.34. The van der Waals surface area contributed by atoms with Crippen molar-refractivity contribution >= 4 is 41.1 Å². The molecule has 0 bridgehead atoms. The highest BCUT2D eigenvalue weighted by Gasteiger charge is 2.38. The molecule has 234 valence electrons. The zero-order valence-electron chi connectivity index (χ0n) is 23.9. The molecule has 1 aromatic carbocycles. The maximum absolute atomic E-state index is 14.1. The fourth-order valence-electron chi connectivity index (χ4n) is 5.14. The molecule has 45 heavy (non-hydrogen) atoms. The molecule has 1 aliphatic rings. The van der Waals surface area contributed by atoms with Crippen molar-refractivity contribution < 1.29 is 27.5 Å². The number of hydrogen-bond donors (Lipinski definition) is 2. The summed E-state index contributed by atoms with van der Waals surface area (Å²) in [6.45, 7) is 3.33. The molecule has 1 fully saturated rings. The van der Waals surface area contributed by atoms with Gasteiger partial charge in [0.15, 0.2) is 23.4 Å². The Hall–Kier alpha value is -4.96. The average molecular weight is 643 g/mol. The standard InChI is InChI=1S/C28H26ClF3N10O3/c1-16-9-18(37-39(16)2)13-40-14-20(24(38-40)28(30,31)32)22-11-35-26-25(34-6-8-41(22)26)36-17-3-4-19(21(29)10-17)27(44)42-7-5-33-12-23(42)45-15-43/h3-4,6,8-11,14-15,23,33H,5,7,12-13H2,1-2H3,(H,34,36). The average Bonchev–Trinajstić information content (AvgIpc) is 3.70. The molecule has 0 saturated carbocycles. The molecule has 0 spiro atoms. The maximum Gasteiger partial charge on any atom is 0.435 e. The number of anilines is 2. The van der Waals surface area contributed by atoms with E-state index in [0.717, 1.165) is 5.69 Å². The smallest absolute Gasteiger partial charge is 0.435 e. The van der Waals surface area contributed by atoms with Gasteiger partial charge in [-0.2, -0.15) is 23.4 Å². The normalized spacial score (nSPS) is 15.4. The maximum atomic E-state index is 14.1. The van der Waals surface area contributed by atoms with Gasteiger partial charge < -0.3 is 20.3 Å². The molecule has 6 rings (SSSR count). The minimum atomic E-state index is -4.72. The second kappa shape index (κ2) is 11.9. The van der Waals surface area contributed by atoms with Crippen LogP contribution in [0.1, 0.15) is 27.4 Å². The third kappa shape index (κ3) is 5.93. The number of rotatable bonds is 8. The van der Waals surface area contributed by atoms with Gasteiger partial charge in [-0.15, -0.1) is 0 Å². The number of carbonyl (C=O) groups is 2. The summed E-state index contributed by atoms with van der Waals surface area (Å²) in [7, 11) is 1.75. The van der Waals surface area contributed by atoms with Crippen molar-refractivity contribution in [2.24, 2.45) is 7.05 Å². The first kappa shape index (κ1) is 30.1. The molecule has 0 radical (unpaired) electrons. The molecule has 5 aromatic rings. The molecule has 1 aliphatic heterocycles. The first-order chi connectivity index (χ1) is 21.5. The van der Waals surface area contributed by atoms with Crippen molar-refractivity contribution in [2.75, 3.05) is 25.0 Å². The number of benzene rings is 1. The van der Waals surface area contributed by atoms with Crippen molar-refractivity contribution in [1.82, 2.24) is 44.1 Å². The minimum Gasteiger partial charge on any atom is -0.442 e. The molecule has 1 amide bonds. The van der Waals surface area contributed by atoms with Gasteiger partial charge in [-0.05, 0) is 31.2 Å². The number of imidazole rings is 1. The van der Waals surface area contributed by atoms with Crippen LogP contribution in [0.4, 0.5) is 24.7 Å². The van der Waals surface area contributed by atoms with Crippen LogP contribution in [0.2, 0.25) is 5.02 Å².